The maximum Gasteiger partial charge on any atom is 0.0936 e. The Kier molecular flexibility index (Phi) is 3.78. The molecule has 0 fully saturated rings. The van der Waals surface area contributed by atoms with Crippen molar-refractivity contribution in [1.82, 2.24) is 0 Å². The second-order valence-corrected chi connectivity index (χ2v) is 4.48. The van der Waals surface area contributed by atoms with Gasteiger partial charge in [-0.15, -0.1) is 5.11 Å². The van der Waals surface area contributed by atoms with E-state index >= 15 is 0 Å². The summed E-state index contributed by atoms with van der Waals surface area (Å²) in [5, 5.41) is 18.7. The van der Waals surface area contributed by atoms with Gasteiger partial charge < -0.3 is 0 Å². The smallest absolute Gasteiger partial charge is 0.0936 e. The van der Waals surface area contributed by atoms with E-state index < -0.39 is 0 Å². The minimum absolute atomic E-state index is 0.824. The molecule has 0 aliphatic carbocycles. The summed E-state index contributed by atoms with van der Waals surface area (Å²) in [5.41, 5.74) is 2.50. The molecule has 0 aliphatic heterocycles. The van der Waals surface area contributed by atoms with Gasteiger partial charge in [-0.05, 0) is 24.3 Å². The fourth-order valence-electron chi connectivity index (χ4n) is 2.16. The standard InChI is InChI=1S/C17H14N4/c1-18-20-16-11-12-17(15-10-6-5-9-14(15)16)21-19-13-7-3-2-4-8-13/h2-12H,1H3. The van der Waals surface area contributed by atoms with E-state index in [9.17, 15) is 0 Å². The van der Waals surface area contributed by atoms with E-state index in [1.807, 2.05) is 66.7 Å². The molecule has 0 N–H and O–H groups in total. The van der Waals surface area contributed by atoms with Crippen LogP contribution in [0.3, 0.4) is 0 Å². The van der Waals surface area contributed by atoms with Crippen molar-refractivity contribution < 1.29 is 0 Å². The molecule has 3 aromatic rings. The number of nitrogens with zero attached hydrogens (tertiary/aromatic N) is 4. The number of benzene rings is 3. The van der Waals surface area contributed by atoms with E-state index in [1.54, 1.807) is 7.05 Å². The molecule has 0 bridgehead atoms. The zero-order valence-electron chi connectivity index (χ0n) is 11.6. The molecule has 0 aromatic heterocycles. The Morgan fingerprint density at radius 2 is 1.14 bits per heavy atom. The molecule has 0 aliphatic rings. The maximum atomic E-state index is 4.36. The molecule has 0 atom stereocenters. The van der Waals surface area contributed by atoms with Crippen LogP contribution in [0.25, 0.3) is 10.8 Å². The van der Waals surface area contributed by atoms with Crippen molar-refractivity contribution in [3.63, 3.8) is 0 Å². The van der Waals surface area contributed by atoms with Gasteiger partial charge in [0.25, 0.3) is 0 Å². The van der Waals surface area contributed by atoms with Gasteiger partial charge >= 0.3 is 0 Å². The van der Waals surface area contributed by atoms with Crippen LogP contribution in [-0.2, 0) is 0 Å². The van der Waals surface area contributed by atoms with Crippen molar-refractivity contribution in [3.8, 4) is 0 Å². The van der Waals surface area contributed by atoms with Crippen molar-refractivity contribution in [1.29, 1.82) is 0 Å². The zero-order chi connectivity index (χ0) is 14.5. The minimum atomic E-state index is 0.824. The van der Waals surface area contributed by atoms with Crippen molar-refractivity contribution in [2.75, 3.05) is 7.05 Å². The topological polar surface area (TPSA) is 49.4 Å². The quantitative estimate of drug-likeness (QED) is 0.528. The summed E-state index contributed by atoms with van der Waals surface area (Å²) in [6.07, 6.45) is 0. The fraction of sp³-hybridized carbons (Fsp3) is 0.0588. The van der Waals surface area contributed by atoms with Gasteiger partial charge in [0.1, 0.15) is 0 Å². The second kappa shape index (κ2) is 6.05. The molecule has 0 saturated heterocycles. The monoisotopic (exact) mass is 274 g/mol. The first-order chi connectivity index (χ1) is 10.4. The molecule has 102 valence electrons. The van der Waals surface area contributed by atoms with Crippen molar-refractivity contribution in [2.45, 2.75) is 0 Å². The predicted molar refractivity (Wildman–Crippen MR) is 85.0 cm³/mol. The third-order valence-electron chi connectivity index (χ3n) is 3.12. The van der Waals surface area contributed by atoms with E-state index in [-0.39, 0.29) is 0 Å². The Morgan fingerprint density at radius 3 is 1.76 bits per heavy atom. The molecule has 0 unspecified atom stereocenters. The van der Waals surface area contributed by atoms with Crippen LogP contribution < -0.4 is 0 Å². The van der Waals surface area contributed by atoms with Gasteiger partial charge in [-0.3, -0.25) is 0 Å². The van der Waals surface area contributed by atoms with Crippen LogP contribution in [0.15, 0.2) is 87.2 Å². The first-order valence-electron chi connectivity index (χ1n) is 6.67. The summed E-state index contributed by atoms with van der Waals surface area (Å²) < 4.78 is 0. The van der Waals surface area contributed by atoms with Gasteiger partial charge in [0.05, 0.1) is 17.1 Å². The first-order valence-corrected chi connectivity index (χ1v) is 6.67. The lowest BCUT2D eigenvalue weighted by atomic mass is 10.1. The molecule has 0 spiro atoms. The van der Waals surface area contributed by atoms with Crippen LogP contribution in [0.4, 0.5) is 17.1 Å². The average molecular weight is 274 g/mol. The minimum Gasteiger partial charge on any atom is -0.192 e. The summed E-state index contributed by atoms with van der Waals surface area (Å²) in [7, 11) is 1.66. The molecular weight excluding hydrogens is 260 g/mol. The molecule has 0 amide bonds. The third kappa shape index (κ3) is 2.84. The molecule has 0 heterocycles. The molecule has 0 saturated carbocycles. The third-order valence-corrected chi connectivity index (χ3v) is 3.12. The first kappa shape index (κ1) is 13.1. The average Bonchev–Trinajstić information content (AvgIpc) is 2.55. The van der Waals surface area contributed by atoms with Gasteiger partial charge in [-0.2, -0.15) is 15.3 Å². The highest BCUT2D eigenvalue weighted by molar-refractivity contribution is 5.99. The molecule has 3 rings (SSSR count). The van der Waals surface area contributed by atoms with E-state index in [0.29, 0.717) is 0 Å². The van der Waals surface area contributed by atoms with Gasteiger partial charge in [0.2, 0.25) is 0 Å². The highest BCUT2D eigenvalue weighted by Gasteiger charge is 2.04. The van der Waals surface area contributed by atoms with Gasteiger partial charge in [0, 0.05) is 17.8 Å². The highest BCUT2D eigenvalue weighted by Crippen LogP contribution is 2.34. The maximum absolute atomic E-state index is 4.36. The van der Waals surface area contributed by atoms with Crippen LogP contribution in [0.5, 0.6) is 0 Å². The summed E-state index contributed by atoms with van der Waals surface area (Å²) in [6.45, 7) is 0. The lowest BCUT2D eigenvalue weighted by Crippen LogP contribution is -1.75. The fourth-order valence-corrected chi connectivity index (χ4v) is 2.16. The van der Waals surface area contributed by atoms with Crippen LogP contribution in [0.2, 0.25) is 0 Å². The summed E-state index contributed by atoms with van der Waals surface area (Å²) >= 11 is 0. The summed E-state index contributed by atoms with van der Waals surface area (Å²) in [6, 6.07) is 21.5. The number of rotatable bonds is 3. The van der Waals surface area contributed by atoms with E-state index in [0.717, 1.165) is 27.8 Å². The van der Waals surface area contributed by atoms with Gasteiger partial charge in [-0.1, -0.05) is 42.5 Å². The molecular formula is C17H14N4. The van der Waals surface area contributed by atoms with E-state index in [1.165, 1.54) is 0 Å². The Balaban J connectivity index is 2.08. The van der Waals surface area contributed by atoms with Gasteiger partial charge in [-0.25, -0.2) is 0 Å². The summed E-state index contributed by atoms with van der Waals surface area (Å²) in [5.74, 6) is 0. The zero-order valence-corrected chi connectivity index (χ0v) is 11.6. The normalized spacial score (nSPS) is 11.7. The molecule has 4 heteroatoms. The molecule has 3 aromatic carbocycles. The highest BCUT2D eigenvalue weighted by atomic mass is 15.1. The number of hydrogen-bond donors (Lipinski definition) is 0. The number of fused-ring (bicyclic) bond motifs is 1. The molecule has 0 radical (unpaired) electrons. The Bertz CT molecular complexity index is 807. The van der Waals surface area contributed by atoms with Crippen LogP contribution in [0.1, 0.15) is 0 Å². The van der Waals surface area contributed by atoms with Crippen LogP contribution in [-0.4, -0.2) is 7.05 Å². The van der Waals surface area contributed by atoms with Crippen LogP contribution in [0, 0.1) is 0 Å². The van der Waals surface area contributed by atoms with E-state index in [2.05, 4.69) is 20.5 Å². The largest absolute Gasteiger partial charge is 0.192 e. The Hall–Kier alpha value is -2.88. The van der Waals surface area contributed by atoms with Crippen LogP contribution >= 0.6 is 0 Å². The van der Waals surface area contributed by atoms with Gasteiger partial charge in [0.15, 0.2) is 0 Å². The number of hydrogen-bond acceptors (Lipinski definition) is 4. The Morgan fingerprint density at radius 1 is 0.571 bits per heavy atom. The summed E-state index contributed by atoms with van der Waals surface area (Å²) in [4.78, 5) is 0. The Labute approximate surface area is 122 Å². The van der Waals surface area contributed by atoms with Crippen molar-refractivity contribution in [2.24, 2.45) is 20.5 Å². The lowest BCUT2D eigenvalue weighted by molar-refractivity contribution is 1.17. The molecule has 21 heavy (non-hydrogen) atoms. The number of azo groups is 2. The SMILES string of the molecule is CN=Nc1ccc(N=Nc2ccccc2)c2ccccc12. The predicted octanol–water partition coefficient (Wildman–Crippen LogP) is 5.97. The van der Waals surface area contributed by atoms with E-state index in [4.69, 9.17) is 0 Å². The molecule has 4 nitrogen and oxygen atoms in total. The lowest BCUT2D eigenvalue weighted by Gasteiger charge is -2.03. The second-order valence-electron chi connectivity index (χ2n) is 4.48. The van der Waals surface area contributed by atoms with Crippen molar-refractivity contribution >= 4 is 27.8 Å². The van der Waals surface area contributed by atoms with Crippen molar-refractivity contribution in [3.05, 3.63) is 66.7 Å².